The minimum absolute atomic E-state index is 0.113. The third-order valence-electron chi connectivity index (χ3n) is 5.72. The van der Waals surface area contributed by atoms with Gasteiger partial charge in [0.2, 0.25) is 0 Å². The molecule has 0 unspecified atom stereocenters. The van der Waals surface area contributed by atoms with Crippen molar-refractivity contribution in [1.29, 1.82) is 0 Å². The van der Waals surface area contributed by atoms with Crippen LogP contribution >= 0.6 is 28.1 Å². The van der Waals surface area contributed by atoms with E-state index in [4.69, 9.17) is 21.7 Å². The lowest BCUT2D eigenvalue weighted by molar-refractivity contribution is -0.118. The lowest BCUT2D eigenvalue weighted by Gasteiger charge is -2.35. The number of anilines is 1. The van der Waals surface area contributed by atoms with E-state index in [1.807, 2.05) is 51.1 Å². The standard InChI is InChI=1S/C25H32BrN3O3S/c1-5-28-9-11-29(12-10-28)25(33)19-7-8-21(22(15-19)31-6-2)32-16-23(30)27-24-17(3)13-20(26)14-18(24)4/h7-8,13-15H,5-6,9-12,16H2,1-4H3,(H,27,30). The maximum absolute atomic E-state index is 12.6. The van der Waals surface area contributed by atoms with Crippen LogP contribution in [0.15, 0.2) is 34.8 Å². The topological polar surface area (TPSA) is 54.0 Å². The highest BCUT2D eigenvalue weighted by Crippen LogP contribution is 2.30. The summed E-state index contributed by atoms with van der Waals surface area (Å²) in [5.74, 6) is 0.895. The van der Waals surface area contributed by atoms with Gasteiger partial charge in [-0.2, -0.15) is 0 Å². The second-order valence-electron chi connectivity index (χ2n) is 8.07. The molecule has 3 rings (SSSR count). The van der Waals surface area contributed by atoms with Crippen molar-refractivity contribution < 1.29 is 14.3 Å². The van der Waals surface area contributed by atoms with Crippen molar-refractivity contribution in [2.75, 3.05) is 51.3 Å². The normalized spacial score (nSPS) is 14.2. The van der Waals surface area contributed by atoms with Crippen molar-refractivity contribution in [3.05, 3.63) is 51.5 Å². The van der Waals surface area contributed by atoms with Gasteiger partial charge in [-0.1, -0.05) is 35.1 Å². The highest BCUT2D eigenvalue weighted by atomic mass is 79.9. The molecular formula is C25H32BrN3O3S. The van der Waals surface area contributed by atoms with Crippen molar-refractivity contribution in [2.45, 2.75) is 27.7 Å². The molecule has 1 aliphatic heterocycles. The van der Waals surface area contributed by atoms with E-state index in [9.17, 15) is 4.79 Å². The Kier molecular flexibility index (Phi) is 9.11. The average molecular weight is 535 g/mol. The third kappa shape index (κ3) is 6.68. The average Bonchev–Trinajstić information content (AvgIpc) is 2.80. The van der Waals surface area contributed by atoms with E-state index in [1.165, 1.54) is 0 Å². The quantitative estimate of drug-likeness (QED) is 0.492. The van der Waals surface area contributed by atoms with Gasteiger partial charge in [0, 0.05) is 41.9 Å². The molecular weight excluding hydrogens is 502 g/mol. The van der Waals surface area contributed by atoms with E-state index in [1.54, 1.807) is 0 Å². The first-order valence-electron chi connectivity index (χ1n) is 11.3. The second-order valence-corrected chi connectivity index (χ2v) is 9.37. The van der Waals surface area contributed by atoms with E-state index in [2.05, 4.69) is 38.0 Å². The number of thiocarbonyl (C=S) groups is 1. The van der Waals surface area contributed by atoms with Crippen molar-refractivity contribution in [3.8, 4) is 11.5 Å². The largest absolute Gasteiger partial charge is 0.490 e. The Bertz CT molecular complexity index is 983. The molecule has 1 aliphatic rings. The molecule has 2 aromatic carbocycles. The Hall–Kier alpha value is -2.16. The Labute approximate surface area is 210 Å². The fraction of sp³-hybridized carbons (Fsp3) is 0.440. The molecule has 33 heavy (non-hydrogen) atoms. The van der Waals surface area contributed by atoms with Crippen LogP contribution in [0.3, 0.4) is 0 Å². The van der Waals surface area contributed by atoms with Gasteiger partial charge in [-0.15, -0.1) is 0 Å². The van der Waals surface area contributed by atoms with Gasteiger partial charge in [0.15, 0.2) is 18.1 Å². The van der Waals surface area contributed by atoms with Gasteiger partial charge in [0.05, 0.1) is 6.61 Å². The maximum atomic E-state index is 12.6. The monoisotopic (exact) mass is 533 g/mol. The smallest absolute Gasteiger partial charge is 0.262 e. The second kappa shape index (κ2) is 11.8. The molecule has 0 aliphatic carbocycles. The number of rotatable bonds is 8. The van der Waals surface area contributed by atoms with Crippen LogP contribution in [0, 0.1) is 13.8 Å². The fourth-order valence-corrected chi connectivity index (χ4v) is 4.90. The Morgan fingerprint density at radius 3 is 2.30 bits per heavy atom. The van der Waals surface area contributed by atoms with E-state index in [-0.39, 0.29) is 12.5 Å². The number of likely N-dealkylation sites (N-methyl/N-ethyl adjacent to an activating group) is 1. The van der Waals surface area contributed by atoms with Crippen LogP contribution in [0.2, 0.25) is 0 Å². The number of hydrogen-bond acceptors (Lipinski definition) is 5. The SMILES string of the molecule is CCOc1cc(C(=S)N2CCN(CC)CC2)ccc1OCC(=O)Nc1c(C)cc(Br)cc1C. The molecule has 1 saturated heterocycles. The molecule has 1 fully saturated rings. The Balaban J connectivity index is 1.66. The number of carbonyl (C=O) groups excluding carboxylic acids is 1. The first-order valence-corrected chi connectivity index (χ1v) is 12.5. The van der Waals surface area contributed by atoms with Crippen LogP contribution in [-0.2, 0) is 4.79 Å². The summed E-state index contributed by atoms with van der Waals surface area (Å²) in [6, 6.07) is 9.63. The number of nitrogens with zero attached hydrogens (tertiary/aromatic N) is 2. The summed E-state index contributed by atoms with van der Waals surface area (Å²) < 4.78 is 12.6. The number of aryl methyl sites for hydroxylation is 2. The number of piperazine rings is 1. The number of benzene rings is 2. The highest BCUT2D eigenvalue weighted by molar-refractivity contribution is 9.10. The lowest BCUT2D eigenvalue weighted by atomic mass is 10.1. The van der Waals surface area contributed by atoms with Crippen LogP contribution in [0.4, 0.5) is 5.69 Å². The summed E-state index contributed by atoms with van der Waals surface area (Å²) in [4.78, 5) is 18.0. The molecule has 2 aromatic rings. The van der Waals surface area contributed by atoms with Crippen LogP contribution in [0.25, 0.3) is 0 Å². The van der Waals surface area contributed by atoms with E-state index in [0.29, 0.717) is 18.1 Å². The molecule has 8 heteroatoms. The highest BCUT2D eigenvalue weighted by Gasteiger charge is 2.20. The van der Waals surface area contributed by atoms with Crippen LogP contribution in [0.5, 0.6) is 11.5 Å². The summed E-state index contributed by atoms with van der Waals surface area (Å²) in [7, 11) is 0. The predicted molar refractivity (Wildman–Crippen MR) is 141 cm³/mol. The van der Waals surface area contributed by atoms with Gasteiger partial charge >= 0.3 is 0 Å². The van der Waals surface area contributed by atoms with Crippen molar-refractivity contribution >= 4 is 44.7 Å². The lowest BCUT2D eigenvalue weighted by Crippen LogP contribution is -2.48. The number of ether oxygens (including phenoxy) is 2. The molecule has 0 radical (unpaired) electrons. The molecule has 0 saturated carbocycles. The zero-order valence-electron chi connectivity index (χ0n) is 19.7. The summed E-state index contributed by atoms with van der Waals surface area (Å²) >= 11 is 9.24. The predicted octanol–water partition coefficient (Wildman–Crippen LogP) is 4.80. The number of amides is 1. The van der Waals surface area contributed by atoms with E-state index in [0.717, 1.165) is 64.6 Å². The molecule has 1 N–H and O–H groups in total. The first-order chi connectivity index (χ1) is 15.8. The van der Waals surface area contributed by atoms with Gasteiger partial charge < -0.3 is 24.6 Å². The summed E-state index contributed by atoms with van der Waals surface area (Å²) in [6.45, 7) is 13.3. The summed E-state index contributed by atoms with van der Waals surface area (Å²) in [5.41, 5.74) is 3.71. The van der Waals surface area contributed by atoms with Crippen molar-refractivity contribution in [2.24, 2.45) is 0 Å². The molecule has 0 spiro atoms. The van der Waals surface area contributed by atoms with E-state index >= 15 is 0 Å². The fourth-order valence-electron chi connectivity index (χ4n) is 3.91. The third-order valence-corrected chi connectivity index (χ3v) is 6.67. The molecule has 178 valence electrons. The molecule has 1 heterocycles. The molecule has 1 amide bonds. The first kappa shape index (κ1) is 25.5. The van der Waals surface area contributed by atoms with Crippen molar-refractivity contribution in [1.82, 2.24) is 9.80 Å². The van der Waals surface area contributed by atoms with Crippen LogP contribution < -0.4 is 14.8 Å². The summed E-state index contributed by atoms with van der Waals surface area (Å²) in [6.07, 6.45) is 0. The number of carbonyl (C=O) groups is 1. The molecule has 6 nitrogen and oxygen atoms in total. The zero-order chi connectivity index (χ0) is 24.0. The maximum Gasteiger partial charge on any atom is 0.262 e. The zero-order valence-corrected chi connectivity index (χ0v) is 22.1. The van der Waals surface area contributed by atoms with E-state index < -0.39 is 0 Å². The van der Waals surface area contributed by atoms with Gasteiger partial charge in [-0.25, -0.2) is 0 Å². The number of halogens is 1. The number of nitrogens with one attached hydrogen (secondary N) is 1. The Morgan fingerprint density at radius 1 is 1.03 bits per heavy atom. The molecule has 0 bridgehead atoms. The summed E-state index contributed by atoms with van der Waals surface area (Å²) in [5, 5.41) is 2.95. The van der Waals surface area contributed by atoms with Crippen LogP contribution in [-0.4, -0.2) is 66.6 Å². The minimum atomic E-state index is -0.223. The van der Waals surface area contributed by atoms with Gasteiger partial charge in [0.25, 0.3) is 5.91 Å². The molecule has 0 atom stereocenters. The Morgan fingerprint density at radius 2 is 1.70 bits per heavy atom. The van der Waals surface area contributed by atoms with Gasteiger partial charge in [0.1, 0.15) is 4.99 Å². The minimum Gasteiger partial charge on any atom is -0.490 e. The molecule has 0 aromatic heterocycles. The van der Waals surface area contributed by atoms with Gasteiger partial charge in [-0.05, 0) is 68.8 Å². The van der Waals surface area contributed by atoms with Gasteiger partial charge in [-0.3, -0.25) is 4.79 Å². The van der Waals surface area contributed by atoms with Crippen LogP contribution in [0.1, 0.15) is 30.5 Å². The van der Waals surface area contributed by atoms with Crippen molar-refractivity contribution in [3.63, 3.8) is 0 Å². The number of hydrogen-bond donors (Lipinski definition) is 1.